The van der Waals surface area contributed by atoms with E-state index in [0.29, 0.717) is 6.16 Å². The van der Waals surface area contributed by atoms with Gasteiger partial charge in [-0.1, -0.05) is 77.6 Å². The molecule has 0 aliphatic heterocycles. The van der Waals surface area contributed by atoms with Crippen LogP contribution in [0.15, 0.2) is 0 Å². The Bertz CT molecular complexity index is 611. The highest BCUT2D eigenvalue weighted by molar-refractivity contribution is 7.32. The van der Waals surface area contributed by atoms with E-state index in [9.17, 15) is 26.7 Å². The van der Waals surface area contributed by atoms with E-state index in [2.05, 4.69) is 6.92 Å². The van der Waals surface area contributed by atoms with Crippen molar-refractivity contribution in [2.45, 2.75) is 84.0 Å². The van der Waals surface area contributed by atoms with Gasteiger partial charge in [-0.05, 0) is 6.42 Å². The second-order valence-corrected chi connectivity index (χ2v) is 8.11. The third kappa shape index (κ3) is 8.98. The lowest BCUT2D eigenvalue weighted by Gasteiger charge is -2.08. The molecule has 0 fully saturated rings. The van der Waals surface area contributed by atoms with Gasteiger partial charge in [-0.3, -0.25) is 0 Å². The lowest BCUT2D eigenvalue weighted by atomic mass is 10.1. The Kier molecular flexibility index (Phi) is 13.1. The van der Waals surface area contributed by atoms with E-state index >= 15 is 0 Å². The minimum Gasteiger partial charge on any atom is -0.445 e. The SMILES string of the molecule is CCCCCCCCCCCCCCPOC(=O)c1c(F)c(F)c(F)c(F)c1F. The maximum atomic E-state index is 13.5. The first-order chi connectivity index (χ1) is 13.9. The number of hydrogen-bond donors (Lipinski definition) is 0. The topological polar surface area (TPSA) is 26.3 Å². The fraction of sp³-hybridized carbons (Fsp3) is 0.667. The lowest BCUT2D eigenvalue weighted by molar-refractivity contribution is 0.0746. The van der Waals surface area contributed by atoms with Crippen LogP contribution in [0.5, 0.6) is 0 Å². The van der Waals surface area contributed by atoms with Crippen LogP contribution in [0.2, 0.25) is 0 Å². The largest absolute Gasteiger partial charge is 0.445 e. The molecule has 0 aliphatic rings. The molecule has 29 heavy (non-hydrogen) atoms. The van der Waals surface area contributed by atoms with Crippen molar-refractivity contribution in [3.63, 3.8) is 0 Å². The van der Waals surface area contributed by atoms with Crippen molar-refractivity contribution < 1.29 is 31.3 Å². The van der Waals surface area contributed by atoms with Gasteiger partial charge in [-0.2, -0.15) is 0 Å². The summed E-state index contributed by atoms with van der Waals surface area (Å²) in [6.45, 7) is 2.21. The molecule has 0 N–H and O–H groups in total. The van der Waals surface area contributed by atoms with Crippen LogP contribution in [0.3, 0.4) is 0 Å². The van der Waals surface area contributed by atoms with Crippen molar-refractivity contribution in [1.82, 2.24) is 0 Å². The summed E-state index contributed by atoms with van der Waals surface area (Å²) in [5.74, 6) is -12.5. The van der Waals surface area contributed by atoms with Crippen LogP contribution in [0.1, 0.15) is 94.3 Å². The number of rotatable bonds is 15. The molecule has 8 heteroatoms. The van der Waals surface area contributed by atoms with Crippen molar-refractivity contribution in [1.29, 1.82) is 0 Å². The minimum atomic E-state index is -2.30. The number of unbranched alkanes of at least 4 members (excludes halogenated alkanes) is 11. The predicted molar refractivity (Wildman–Crippen MR) is 106 cm³/mol. The summed E-state index contributed by atoms with van der Waals surface area (Å²) in [6.07, 6.45) is 14.7. The molecule has 0 bridgehead atoms. The molecule has 0 spiro atoms. The van der Waals surface area contributed by atoms with Gasteiger partial charge in [0.05, 0.1) is 8.81 Å². The van der Waals surface area contributed by atoms with Crippen LogP contribution in [-0.4, -0.2) is 12.1 Å². The summed E-state index contributed by atoms with van der Waals surface area (Å²) in [4.78, 5) is 11.7. The first-order valence-electron chi connectivity index (χ1n) is 10.4. The summed E-state index contributed by atoms with van der Waals surface area (Å²) in [5, 5.41) is 0. The van der Waals surface area contributed by atoms with Crippen LogP contribution in [-0.2, 0) is 4.52 Å². The molecule has 166 valence electrons. The zero-order valence-corrected chi connectivity index (χ0v) is 17.9. The smallest absolute Gasteiger partial charge is 0.346 e. The van der Waals surface area contributed by atoms with E-state index in [1.807, 2.05) is 0 Å². The summed E-state index contributed by atoms with van der Waals surface area (Å²) in [5.41, 5.74) is -1.54. The van der Waals surface area contributed by atoms with Crippen LogP contribution in [0, 0.1) is 29.1 Å². The standard InChI is InChI=1S/C21H30F5O2P/c1-2-3-4-5-6-7-8-9-10-11-12-13-14-29-28-21(27)15-16(22)18(24)20(26)19(25)17(15)23/h29H,2-14H2,1H3. The van der Waals surface area contributed by atoms with Gasteiger partial charge >= 0.3 is 5.97 Å². The predicted octanol–water partition coefficient (Wildman–Crippen LogP) is 7.83. The first kappa shape index (κ1) is 25.8. The third-order valence-corrected chi connectivity index (χ3v) is 5.60. The number of carbonyl (C=O) groups excluding carboxylic acids is 1. The van der Waals surface area contributed by atoms with Gasteiger partial charge in [0.15, 0.2) is 23.3 Å². The molecule has 0 amide bonds. The van der Waals surface area contributed by atoms with Crippen molar-refractivity contribution in [2.75, 3.05) is 6.16 Å². The quantitative estimate of drug-likeness (QED) is 0.0913. The molecular weight excluding hydrogens is 410 g/mol. The molecule has 1 rings (SSSR count). The summed E-state index contributed by atoms with van der Waals surface area (Å²) in [6, 6.07) is 0. The molecule has 0 aromatic heterocycles. The molecule has 1 aromatic carbocycles. The van der Waals surface area contributed by atoms with Gasteiger partial charge in [0, 0.05) is 6.16 Å². The third-order valence-electron chi connectivity index (χ3n) is 4.71. The van der Waals surface area contributed by atoms with E-state index in [1.165, 1.54) is 51.4 Å². The highest BCUT2D eigenvalue weighted by atomic mass is 31.1. The number of benzene rings is 1. The molecule has 1 atom stereocenters. The number of carbonyl (C=O) groups is 1. The summed E-state index contributed by atoms with van der Waals surface area (Å²) in [7, 11) is -0.388. The maximum Gasteiger partial charge on any atom is 0.346 e. The Morgan fingerprint density at radius 2 is 1.03 bits per heavy atom. The zero-order valence-electron chi connectivity index (χ0n) is 16.9. The van der Waals surface area contributed by atoms with Crippen LogP contribution in [0.4, 0.5) is 22.0 Å². The van der Waals surface area contributed by atoms with Crippen molar-refractivity contribution in [3.8, 4) is 0 Å². The molecule has 0 saturated heterocycles. The molecule has 1 aromatic rings. The minimum absolute atomic E-state index is 0.388. The van der Waals surface area contributed by atoms with Crippen molar-refractivity contribution >= 4 is 14.8 Å². The van der Waals surface area contributed by atoms with Gasteiger partial charge in [0.2, 0.25) is 5.82 Å². The van der Waals surface area contributed by atoms with Crippen LogP contribution in [0.25, 0.3) is 0 Å². The zero-order chi connectivity index (χ0) is 21.6. The second-order valence-electron chi connectivity index (χ2n) is 7.12. The Morgan fingerprint density at radius 3 is 1.48 bits per heavy atom. The molecule has 0 saturated carbocycles. The van der Waals surface area contributed by atoms with E-state index in [1.54, 1.807) is 0 Å². The van der Waals surface area contributed by atoms with Gasteiger partial charge in [-0.15, -0.1) is 0 Å². The number of halogens is 5. The fourth-order valence-corrected chi connectivity index (χ4v) is 3.72. The van der Waals surface area contributed by atoms with Crippen molar-refractivity contribution in [2.24, 2.45) is 0 Å². The Morgan fingerprint density at radius 1 is 0.655 bits per heavy atom. The van der Waals surface area contributed by atoms with E-state index in [0.717, 1.165) is 25.7 Å². The fourth-order valence-electron chi connectivity index (χ4n) is 2.99. The first-order valence-corrected chi connectivity index (χ1v) is 11.5. The van der Waals surface area contributed by atoms with Gasteiger partial charge < -0.3 is 4.52 Å². The molecule has 0 radical (unpaired) electrons. The molecule has 1 unspecified atom stereocenters. The van der Waals surface area contributed by atoms with Gasteiger partial charge in [0.1, 0.15) is 5.56 Å². The monoisotopic (exact) mass is 440 g/mol. The van der Waals surface area contributed by atoms with Gasteiger partial charge in [0.25, 0.3) is 0 Å². The van der Waals surface area contributed by atoms with E-state index in [-0.39, 0.29) is 8.81 Å². The average molecular weight is 440 g/mol. The van der Waals surface area contributed by atoms with Gasteiger partial charge in [-0.25, -0.2) is 26.7 Å². The average Bonchev–Trinajstić information content (AvgIpc) is 2.71. The maximum absolute atomic E-state index is 13.5. The number of hydrogen-bond acceptors (Lipinski definition) is 2. The van der Waals surface area contributed by atoms with Crippen LogP contribution < -0.4 is 0 Å². The molecular formula is C21H30F5O2P. The van der Waals surface area contributed by atoms with E-state index < -0.39 is 40.6 Å². The lowest BCUT2D eigenvalue weighted by Crippen LogP contribution is -2.13. The molecule has 2 nitrogen and oxygen atoms in total. The van der Waals surface area contributed by atoms with Crippen LogP contribution >= 0.6 is 8.81 Å². The second kappa shape index (κ2) is 14.7. The normalized spacial score (nSPS) is 11.5. The highest BCUT2D eigenvalue weighted by Gasteiger charge is 2.30. The Labute approximate surface area is 171 Å². The summed E-state index contributed by atoms with van der Waals surface area (Å²) >= 11 is 0. The highest BCUT2D eigenvalue weighted by Crippen LogP contribution is 2.26. The molecule has 0 aliphatic carbocycles. The molecule has 0 heterocycles. The van der Waals surface area contributed by atoms with E-state index in [4.69, 9.17) is 4.52 Å². The van der Waals surface area contributed by atoms with Crippen molar-refractivity contribution in [3.05, 3.63) is 34.6 Å². The Balaban J connectivity index is 2.12. The summed E-state index contributed by atoms with van der Waals surface area (Å²) < 4.78 is 70.9. The Hall–Kier alpha value is -1.23.